The van der Waals surface area contributed by atoms with Crippen molar-refractivity contribution in [3.63, 3.8) is 0 Å². The lowest BCUT2D eigenvalue weighted by molar-refractivity contribution is -0.147. The van der Waals surface area contributed by atoms with Gasteiger partial charge < -0.3 is 10.2 Å². The topological polar surface area (TPSA) is 95.6 Å². The highest BCUT2D eigenvalue weighted by molar-refractivity contribution is 6.30. The van der Waals surface area contributed by atoms with E-state index in [0.29, 0.717) is 35.6 Å². The van der Waals surface area contributed by atoms with Crippen molar-refractivity contribution in [1.29, 1.82) is 0 Å². The smallest absolute Gasteiger partial charge is 0.346 e. The van der Waals surface area contributed by atoms with Crippen LogP contribution in [-0.4, -0.2) is 35.1 Å². The second-order valence-corrected chi connectivity index (χ2v) is 8.29. The monoisotopic (exact) mass is 495 g/mol. The molecule has 34 heavy (non-hydrogen) atoms. The number of rotatable bonds is 9. The molecular weight excluding hydrogens is 475 g/mol. The maximum atomic E-state index is 14.5. The van der Waals surface area contributed by atoms with Crippen molar-refractivity contribution >= 4 is 35.7 Å². The van der Waals surface area contributed by atoms with Gasteiger partial charge >= 0.3 is 5.92 Å². The lowest BCUT2D eigenvalue weighted by atomic mass is 10.1. The predicted molar refractivity (Wildman–Crippen MR) is 116 cm³/mol. The lowest BCUT2D eigenvalue weighted by Crippen LogP contribution is -2.37. The Morgan fingerprint density at radius 1 is 1.24 bits per heavy atom. The summed E-state index contributed by atoms with van der Waals surface area (Å²) in [6.45, 7) is 1.83. The third-order valence-electron chi connectivity index (χ3n) is 5.56. The first kappa shape index (κ1) is 25.2. The van der Waals surface area contributed by atoms with Gasteiger partial charge in [0.05, 0.1) is 5.02 Å². The van der Waals surface area contributed by atoms with Gasteiger partial charge in [-0.2, -0.15) is 8.78 Å². The number of carbonyl (C=O) groups excluding carboxylic acids is 4. The van der Waals surface area contributed by atoms with Gasteiger partial charge in [-0.15, -0.1) is 0 Å². The average molecular weight is 496 g/mol. The molecule has 0 aromatic heterocycles. The summed E-state index contributed by atoms with van der Waals surface area (Å²) < 4.78 is 42.2. The Morgan fingerprint density at radius 2 is 1.97 bits per heavy atom. The molecule has 1 heterocycles. The fourth-order valence-corrected chi connectivity index (χ4v) is 3.79. The summed E-state index contributed by atoms with van der Waals surface area (Å²) in [7, 11) is 0. The van der Waals surface area contributed by atoms with Gasteiger partial charge in [0.25, 0.3) is 11.8 Å². The fourth-order valence-electron chi connectivity index (χ4n) is 3.61. The average Bonchev–Trinajstić information content (AvgIpc) is 3.13. The van der Waals surface area contributed by atoms with Crippen LogP contribution in [0, 0.1) is 5.82 Å². The Bertz CT molecular complexity index is 1140. The number of nitrogens with one attached hydrogen (secondary N) is 2. The van der Waals surface area contributed by atoms with Crippen molar-refractivity contribution < 1.29 is 32.3 Å². The summed E-state index contributed by atoms with van der Waals surface area (Å²) in [6, 6.07) is 6.74. The molecule has 0 radical (unpaired) electrons. The minimum absolute atomic E-state index is 0.0742. The number of hydrogen-bond donors (Lipinski definition) is 2. The van der Waals surface area contributed by atoms with E-state index in [0.717, 1.165) is 12.1 Å². The molecule has 1 atom stereocenters. The Balaban J connectivity index is 1.63. The summed E-state index contributed by atoms with van der Waals surface area (Å²) in [6.07, 6.45) is 0.727. The predicted octanol–water partition coefficient (Wildman–Crippen LogP) is 3.28. The van der Waals surface area contributed by atoms with Crippen LogP contribution in [0.3, 0.4) is 0 Å². The van der Waals surface area contributed by atoms with Crippen LogP contribution in [0.25, 0.3) is 0 Å². The van der Waals surface area contributed by atoms with Crippen LogP contribution in [0.1, 0.15) is 46.8 Å². The van der Waals surface area contributed by atoms with Crippen LogP contribution in [0.2, 0.25) is 5.02 Å². The Hall–Kier alpha value is -3.40. The van der Waals surface area contributed by atoms with Crippen molar-refractivity contribution in [3.05, 3.63) is 69.5 Å². The maximum absolute atomic E-state index is 14.5. The standard InChI is InChI=1S/C23H21ClF3N3O4/c1-13(2-7-20(32)29-12-31)30-11-15-8-14(3-5-17(15)21(30)33)10-28-22(34)23(26,27)16-4-6-19(25)18(24)9-16/h3-6,8-9,12-13H,2,7,10-11H2,1H3,(H,28,34)(H,29,31,32). The molecule has 3 rings (SSSR count). The number of imide groups is 1. The minimum atomic E-state index is -3.92. The Kier molecular flexibility index (Phi) is 7.61. The molecule has 180 valence electrons. The molecule has 2 N–H and O–H groups in total. The Labute approximate surface area is 198 Å². The molecule has 1 aliphatic rings. The zero-order valence-electron chi connectivity index (χ0n) is 18.0. The van der Waals surface area contributed by atoms with Gasteiger partial charge in [-0.25, -0.2) is 4.39 Å². The number of benzene rings is 2. The van der Waals surface area contributed by atoms with E-state index in [2.05, 4.69) is 5.32 Å². The quantitative estimate of drug-likeness (QED) is 0.522. The van der Waals surface area contributed by atoms with Crippen molar-refractivity contribution in [1.82, 2.24) is 15.5 Å². The number of hydrogen-bond acceptors (Lipinski definition) is 4. The SMILES string of the molecule is CC(CCC(=O)NC=O)N1Cc2cc(CNC(=O)C(F)(F)c3ccc(F)c(Cl)c3)ccc2C1=O. The number of halogens is 4. The number of carbonyl (C=O) groups is 4. The van der Waals surface area contributed by atoms with Gasteiger partial charge in [-0.05, 0) is 48.7 Å². The van der Waals surface area contributed by atoms with E-state index in [9.17, 15) is 32.3 Å². The molecular formula is C23H21ClF3N3O4. The first-order chi connectivity index (χ1) is 16.0. The van der Waals surface area contributed by atoms with Crippen LogP contribution in [0.4, 0.5) is 13.2 Å². The second-order valence-electron chi connectivity index (χ2n) is 7.88. The molecule has 0 aliphatic carbocycles. The van der Waals surface area contributed by atoms with Crippen LogP contribution in [0.15, 0.2) is 36.4 Å². The van der Waals surface area contributed by atoms with Gasteiger partial charge in [-0.3, -0.25) is 24.5 Å². The number of fused-ring (bicyclic) bond motifs is 1. The van der Waals surface area contributed by atoms with E-state index in [4.69, 9.17) is 11.6 Å². The minimum Gasteiger partial charge on any atom is -0.346 e. The fraction of sp³-hybridized carbons (Fsp3) is 0.304. The van der Waals surface area contributed by atoms with Crippen LogP contribution in [0.5, 0.6) is 0 Å². The molecule has 0 saturated heterocycles. The zero-order valence-corrected chi connectivity index (χ0v) is 18.8. The summed E-state index contributed by atoms with van der Waals surface area (Å²) in [4.78, 5) is 48.2. The van der Waals surface area contributed by atoms with Crippen molar-refractivity contribution in [3.8, 4) is 0 Å². The summed E-state index contributed by atoms with van der Waals surface area (Å²) in [5, 5.41) is 3.68. The highest BCUT2D eigenvalue weighted by atomic mass is 35.5. The molecule has 11 heteroatoms. The highest BCUT2D eigenvalue weighted by Crippen LogP contribution is 2.31. The van der Waals surface area contributed by atoms with Crippen LogP contribution >= 0.6 is 11.6 Å². The van der Waals surface area contributed by atoms with E-state index >= 15 is 0 Å². The summed E-state index contributed by atoms with van der Waals surface area (Å²) in [5.74, 6) is -7.04. The normalized spacial score (nSPS) is 13.9. The molecule has 1 aliphatic heterocycles. The van der Waals surface area contributed by atoms with Crippen molar-refractivity contribution in [2.24, 2.45) is 0 Å². The largest absolute Gasteiger partial charge is 0.349 e. The Morgan fingerprint density at radius 3 is 2.65 bits per heavy atom. The van der Waals surface area contributed by atoms with E-state index in [1.165, 1.54) is 0 Å². The molecule has 7 nitrogen and oxygen atoms in total. The molecule has 2 aromatic carbocycles. The molecule has 4 amide bonds. The third-order valence-corrected chi connectivity index (χ3v) is 5.85. The van der Waals surface area contributed by atoms with Gasteiger partial charge in [0.15, 0.2) is 0 Å². The van der Waals surface area contributed by atoms with E-state index in [1.54, 1.807) is 30.0 Å². The van der Waals surface area contributed by atoms with Crippen LogP contribution < -0.4 is 10.6 Å². The zero-order chi connectivity index (χ0) is 25.0. The number of amides is 4. The highest BCUT2D eigenvalue weighted by Gasteiger charge is 2.41. The molecule has 0 bridgehead atoms. The molecule has 0 saturated carbocycles. The summed E-state index contributed by atoms with van der Waals surface area (Å²) >= 11 is 5.54. The lowest BCUT2D eigenvalue weighted by Gasteiger charge is -2.23. The number of nitrogens with zero attached hydrogens (tertiary/aromatic N) is 1. The van der Waals surface area contributed by atoms with Crippen LogP contribution in [-0.2, 0) is 33.4 Å². The third kappa shape index (κ3) is 5.39. The van der Waals surface area contributed by atoms with Gasteiger partial charge in [0.1, 0.15) is 5.82 Å². The van der Waals surface area contributed by atoms with Gasteiger partial charge in [-0.1, -0.05) is 23.7 Å². The molecule has 2 aromatic rings. The van der Waals surface area contributed by atoms with Gasteiger partial charge in [0, 0.05) is 36.7 Å². The number of alkyl halides is 2. The molecule has 0 spiro atoms. The van der Waals surface area contributed by atoms with E-state index in [-0.39, 0.29) is 31.5 Å². The summed E-state index contributed by atoms with van der Waals surface area (Å²) in [5.41, 5.74) is 0.888. The van der Waals surface area contributed by atoms with Crippen molar-refractivity contribution in [2.45, 2.75) is 44.8 Å². The first-order valence-corrected chi connectivity index (χ1v) is 10.7. The van der Waals surface area contributed by atoms with Gasteiger partial charge in [0.2, 0.25) is 12.3 Å². The van der Waals surface area contributed by atoms with E-state index in [1.807, 2.05) is 5.32 Å². The van der Waals surface area contributed by atoms with E-state index < -0.39 is 34.1 Å². The molecule has 1 unspecified atom stereocenters. The molecule has 0 fully saturated rings. The second kappa shape index (κ2) is 10.3. The maximum Gasteiger partial charge on any atom is 0.349 e. The van der Waals surface area contributed by atoms with Crippen molar-refractivity contribution in [2.75, 3.05) is 0 Å². The first-order valence-electron chi connectivity index (χ1n) is 10.3.